The van der Waals surface area contributed by atoms with Gasteiger partial charge < -0.3 is 4.57 Å². The molecule has 0 saturated heterocycles. The molecule has 3 aromatic rings. The average molecular weight is 419 g/mol. The highest BCUT2D eigenvalue weighted by Crippen LogP contribution is 2.42. The van der Waals surface area contributed by atoms with E-state index >= 15 is 0 Å². The summed E-state index contributed by atoms with van der Waals surface area (Å²) in [5.74, 6) is 0.570. The molecule has 0 bridgehead atoms. The summed E-state index contributed by atoms with van der Waals surface area (Å²) in [6, 6.07) is 11.6. The molecular formula is C20H23ClN4O2S. The second-order valence-electron chi connectivity index (χ2n) is 7.45. The third kappa shape index (κ3) is 3.91. The highest BCUT2D eigenvalue weighted by molar-refractivity contribution is 7.92. The number of sulfonamides is 1. The van der Waals surface area contributed by atoms with Gasteiger partial charge in [-0.25, -0.2) is 8.42 Å². The quantitative estimate of drug-likeness (QED) is 0.650. The molecule has 0 aliphatic heterocycles. The number of halogens is 1. The summed E-state index contributed by atoms with van der Waals surface area (Å²) in [4.78, 5) is 0.185. The van der Waals surface area contributed by atoms with Crippen molar-refractivity contribution in [3.63, 3.8) is 0 Å². The van der Waals surface area contributed by atoms with Crippen molar-refractivity contribution in [3.8, 4) is 11.4 Å². The summed E-state index contributed by atoms with van der Waals surface area (Å²) >= 11 is 6.55. The van der Waals surface area contributed by atoms with Gasteiger partial charge in [-0.2, -0.15) is 0 Å². The maximum Gasteiger partial charge on any atom is 0.261 e. The Bertz CT molecular complexity index is 1090. The predicted molar refractivity (Wildman–Crippen MR) is 112 cm³/mol. The number of hydrogen-bond acceptors (Lipinski definition) is 4. The Balaban J connectivity index is 2.25. The molecule has 0 spiro atoms. The van der Waals surface area contributed by atoms with Crippen LogP contribution in [-0.4, -0.2) is 23.2 Å². The van der Waals surface area contributed by atoms with Crippen LogP contribution in [0.5, 0.6) is 0 Å². The lowest BCUT2D eigenvalue weighted by molar-refractivity contribution is 0.590. The van der Waals surface area contributed by atoms with E-state index in [4.69, 9.17) is 11.6 Å². The van der Waals surface area contributed by atoms with E-state index in [1.54, 1.807) is 48.8 Å². The van der Waals surface area contributed by atoms with Crippen LogP contribution >= 0.6 is 11.6 Å². The molecule has 148 valence electrons. The van der Waals surface area contributed by atoms with Gasteiger partial charge in [0.15, 0.2) is 5.82 Å². The Morgan fingerprint density at radius 1 is 1.11 bits per heavy atom. The van der Waals surface area contributed by atoms with Gasteiger partial charge in [0.1, 0.15) is 6.33 Å². The molecule has 0 fully saturated rings. The predicted octanol–water partition coefficient (Wildman–Crippen LogP) is 4.72. The number of rotatable bonds is 5. The molecule has 0 radical (unpaired) electrons. The van der Waals surface area contributed by atoms with E-state index in [0.717, 1.165) is 5.56 Å². The second-order valence-corrected chi connectivity index (χ2v) is 9.54. The van der Waals surface area contributed by atoms with Gasteiger partial charge in [0, 0.05) is 17.1 Å². The number of aromatic nitrogens is 3. The molecule has 3 rings (SSSR count). The average Bonchev–Trinajstić information content (AvgIpc) is 3.11. The van der Waals surface area contributed by atoms with Crippen LogP contribution in [0.2, 0.25) is 5.02 Å². The molecule has 0 saturated carbocycles. The normalized spacial score (nSPS) is 12.2. The number of anilines is 1. The van der Waals surface area contributed by atoms with Crippen LogP contribution in [-0.2, 0) is 22.0 Å². The molecule has 2 aromatic carbocycles. The van der Waals surface area contributed by atoms with Crippen molar-refractivity contribution in [2.24, 2.45) is 0 Å². The monoisotopic (exact) mass is 418 g/mol. The Labute approximate surface area is 170 Å². The summed E-state index contributed by atoms with van der Waals surface area (Å²) in [6.45, 7) is 8.70. The third-order valence-electron chi connectivity index (χ3n) is 4.38. The van der Waals surface area contributed by atoms with Crippen LogP contribution in [0.15, 0.2) is 53.7 Å². The zero-order chi connectivity index (χ0) is 20.5. The van der Waals surface area contributed by atoms with E-state index in [1.165, 1.54) is 0 Å². The zero-order valence-electron chi connectivity index (χ0n) is 16.3. The molecule has 0 unspecified atom stereocenters. The minimum Gasteiger partial charge on any atom is -0.314 e. The molecule has 8 heteroatoms. The Morgan fingerprint density at radius 2 is 1.79 bits per heavy atom. The molecule has 0 aliphatic rings. The van der Waals surface area contributed by atoms with Crippen LogP contribution in [0.3, 0.4) is 0 Å². The van der Waals surface area contributed by atoms with E-state index in [9.17, 15) is 8.42 Å². The molecule has 0 atom stereocenters. The standard InChI is InChI=1S/C20H23ClN4O2S/c1-5-25-13-22-23-19(25)17-16(12-11-15(21)18(17)20(2,3)4)24-28(26,27)14-9-7-6-8-10-14/h6-13,24H,5H2,1-4H3. The van der Waals surface area contributed by atoms with Crippen LogP contribution < -0.4 is 4.72 Å². The molecular weight excluding hydrogens is 396 g/mol. The number of nitrogens with zero attached hydrogens (tertiary/aromatic N) is 3. The highest BCUT2D eigenvalue weighted by Gasteiger charge is 2.28. The van der Waals surface area contributed by atoms with Crippen molar-refractivity contribution in [1.82, 2.24) is 14.8 Å². The number of benzene rings is 2. The SMILES string of the molecule is CCn1cnnc1-c1c(NS(=O)(=O)c2ccccc2)ccc(Cl)c1C(C)(C)C. The van der Waals surface area contributed by atoms with E-state index < -0.39 is 10.0 Å². The van der Waals surface area contributed by atoms with Crippen molar-refractivity contribution in [2.75, 3.05) is 4.72 Å². The van der Waals surface area contributed by atoms with E-state index in [0.29, 0.717) is 28.6 Å². The summed E-state index contributed by atoms with van der Waals surface area (Å²) in [5, 5.41) is 8.82. The highest BCUT2D eigenvalue weighted by atomic mass is 35.5. The lowest BCUT2D eigenvalue weighted by Gasteiger charge is -2.26. The third-order valence-corrected chi connectivity index (χ3v) is 6.08. The summed E-state index contributed by atoms with van der Waals surface area (Å²) in [7, 11) is -3.77. The van der Waals surface area contributed by atoms with E-state index in [2.05, 4.69) is 14.9 Å². The topological polar surface area (TPSA) is 76.9 Å². The van der Waals surface area contributed by atoms with Crippen molar-refractivity contribution >= 4 is 27.3 Å². The smallest absolute Gasteiger partial charge is 0.261 e. The van der Waals surface area contributed by atoms with Gasteiger partial charge in [-0.05, 0) is 42.2 Å². The fourth-order valence-electron chi connectivity index (χ4n) is 3.11. The van der Waals surface area contributed by atoms with Gasteiger partial charge in [-0.3, -0.25) is 4.72 Å². The minimum atomic E-state index is -3.77. The first kappa shape index (κ1) is 20.4. The number of hydrogen-bond donors (Lipinski definition) is 1. The van der Waals surface area contributed by atoms with Gasteiger partial charge in [-0.15, -0.1) is 10.2 Å². The first-order valence-electron chi connectivity index (χ1n) is 8.94. The fourth-order valence-corrected chi connectivity index (χ4v) is 4.64. The van der Waals surface area contributed by atoms with Crippen molar-refractivity contribution in [2.45, 2.75) is 44.6 Å². The zero-order valence-corrected chi connectivity index (χ0v) is 17.8. The second kappa shape index (κ2) is 7.56. The maximum atomic E-state index is 12.9. The van der Waals surface area contributed by atoms with Gasteiger partial charge >= 0.3 is 0 Å². The van der Waals surface area contributed by atoms with Crippen LogP contribution in [0, 0.1) is 0 Å². The number of aryl methyl sites for hydroxylation is 1. The molecule has 28 heavy (non-hydrogen) atoms. The Morgan fingerprint density at radius 3 is 2.39 bits per heavy atom. The van der Waals surface area contributed by atoms with Crippen LogP contribution in [0.4, 0.5) is 5.69 Å². The number of nitrogens with one attached hydrogen (secondary N) is 1. The molecule has 0 amide bonds. The molecule has 1 N–H and O–H groups in total. The minimum absolute atomic E-state index is 0.185. The first-order chi connectivity index (χ1) is 13.1. The lowest BCUT2D eigenvalue weighted by atomic mass is 9.82. The fraction of sp³-hybridized carbons (Fsp3) is 0.300. The van der Waals surface area contributed by atoms with Gasteiger partial charge in [0.05, 0.1) is 10.6 Å². The van der Waals surface area contributed by atoms with Crippen LogP contribution in [0.1, 0.15) is 33.3 Å². The van der Waals surface area contributed by atoms with Crippen molar-refractivity contribution < 1.29 is 8.42 Å². The van der Waals surface area contributed by atoms with Gasteiger partial charge in [0.2, 0.25) is 0 Å². The van der Waals surface area contributed by atoms with Crippen molar-refractivity contribution in [3.05, 3.63) is 59.4 Å². The van der Waals surface area contributed by atoms with E-state index in [1.807, 2.05) is 32.3 Å². The van der Waals surface area contributed by atoms with Crippen LogP contribution in [0.25, 0.3) is 11.4 Å². The van der Waals surface area contributed by atoms with Crippen molar-refractivity contribution in [1.29, 1.82) is 0 Å². The summed E-state index contributed by atoms with van der Waals surface area (Å²) in [5.41, 5.74) is 1.52. The summed E-state index contributed by atoms with van der Waals surface area (Å²) in [6.07, 6.45) is 1.62. The molecule has 0 aliphatic carbocycles. The first-order valence-corrected chi connectivity index (χ1v) is 10.8. The molecule has 1 heterocycles. The van der Waals surface area contributed by atoms with Gasteiger partial charge in [0.25, 0.3) is 10.0 Å². The molecule has 1 aromatic heterocycles. The lowest BCUT2D eigenvalue weighted by Crippen LogP contribution is -2.19. The Hall–Kier alpha value is -2.38. The largest absolute Gasteiger partial charge is 0.314 e. The molecule has 6 nitrogen and oxygen atoms in total. The summed E-state index contributed by atoms with van der Waals surface area (Å²) < 4.78 is 30.5. The van der Waals surface area contributed by atoms with E-state index in [-0.39, 0.29) is 10.3 Å². The maximum absolute atomic E-state index is 12.9. The Kier molecular flexibility index (Phi) is 5.50. The van der Waals surface area contributed by atoms with Gasteiger partial charge in [-0.1, -0.05) is 50.6 Å².